The molecule has 0 amide bonds. The second kappa shape index (κ2) is 4.65. The number of aryl methyl sites for hydroxylation is 1. The van der Waals surface area contributed by atoms with Gasteiger partial charge in [0.15, 0.2) is 0 Å². The summed E-state index contributed by atoms with van der Waals surface area (Å²) < 4.78 is 24.8. The number of piperidine rings is 1. The first-order valence-corrected chi connectivity index (χ1v) is 5.45. The summed E-state index contributed by atoms with van der Waals surface area (Å²) in [6.07, 6.45) is -0.826. The Hall–Kier alpha value is -1.72. The van der Waals surface area contributed by atoms with E-state index in [1.54, 1.807) is 6.07 Å². The third kappa shape index (κ3) is 2.69. The maximum atomic E-state index is 12.4. The predicted molar refractivity (Wildman–Crippen MR) is 61.9 cm³/mol. The van der Waals surface area contributed by atoms with Gasteiger partial charge in [-0.25, -0.2) is 4.98 Å². The minimum atomic E-state index is -1.55. The fourth-order valence-electron chi connectivity index (χ4n) is 1.88. The van der Waals surface area contributed by atoms with Gasteiger partial charge in [0.25, 0.3) is 6.08 Å². The van der Waals surface area contributed by atoms with Crippen LogP contribution < -0.4 is 10.6 Å². The molecule has 0 atom stereocenters. The zero-order chi connectivity index (χ0) is 12.4. The molecule has 0 radical (unpaired) electrons. The van der Waals surface area contributed by atoms with Gasteiger partial charge in [-0.15, -0.1) is 0 Å². The second-order valence-corrected chi connectivity index (χ2v) is 4.09. The zero-order valence-electron chi connectivity index (χ0n) is 9.58. The summed E-state index contributed by atoms with van der Waals surface area (Å²) in [6, 6.07) is 1.68. The van der Waals surface area contributed by atoms with Crippen molar-refractivity contribution in [2.45, 2.75) is 19.8 Å². The van der Waals surface area contributed by atoms with E-state index in [0.29, 0.717) is 37.7 Å². The first-order valence-electron chi connectivity index (χ1n) is 5.45. The minimum absolute atomic E-state index is 0.238. The van der Waals surface area contributed by atoms with Crippen molar-refractivity contribution in [2.24, 2.45) is 0 Å². The molecular weight excluding hydrogens is 226 g/mol. The summed E-state index contributed by atoms with van der Waals surface area (Å²) in [5.41, 5.74) is 6.66. The van der Waals surface area contributed by atoms with Crippen LogP contribution in [0.3, 0.4) is 0 Å². The fourth-order valence-corrected chi connectivity index (χ4v) is 1.88. The second-order valence-electron chi connectivity index (χ2n) is 4.09. The number of rotatable bonds is 1. The van der Waals surface area contributed by atoms with E-state index in [0.717, 1.165) is 5.69 Å². The van der Waals surface area contributed by atoms with E-state index in [1.807, 2.05) is 11.8 Å². The predicted octanol–water partition coefficient (Wildman–Crippen LogP) is 2.12. The van der Waals surface area contributed by atoms with Crippen LogP contribution in [0, 0.1) is 6.92 Å². The molecule has 4 nitrogen and oxygen atoms in total. The van der Waals surface area contributed by atoms with Crippen LogP contribution in [-0.2, 0) is 0 Å². The number of nitrogens with zero attached hydrogens (tertiary/aromatic N) is 3. The number of nitrogens with two attached hydrogens (primary N) is 1. The van der Waals surface area contributed by atoms with E-state index < -0.39 is 6.08 Å². The first kappa shape index (κ1) is 11.8. The molecule has 6 heteroatoms. The van der Waals surface area contributed by atoms with Crippen LogP contribution in [0.2, 0.25) is 0 Å². The standard InChI is InChI=1S/C11H14F2N4/c1-7-6-9(14)16-11(15-7)17-4-2-8(3-5-17)10(12)13/h6H,2-5H2,1H3,(H2,14,15,16). The normalized spacial score (nSPS) is 16.2. The van der Waals surface area contributed by atoms with Crippen LogP contribution in [0.5, 0.6) is 0 Å². The Labute approximate surface area is 98.2 Å². The van der Waals surface area contributed by atoms with E-state index in [2.05, 4.69) is 9.97 Å². The molecule has 0 saturated carbocycles. The van der Waals surface area contributed by atoms with Gasteiger partial charge < -0.3 is 10.6 Å². The van der Waals surface area contributed by atoms with Crippen molar-refractivity contribution in [1.29, 1.82) is 0 Å². The molecule has 0 aliphatic carbocycles. The third-order valence-electron chi connectivity index (χ3n) is 2.78. The average Bonchev–Trinajstić information content (AvgIpc) is 2.28. The lowest BCUT2D eigenvalue weighted by Gasteiger charge is -2.28. The largest absolute Gasteiger partial charge is 0.384 e. The highest BCUT2D eigenvalue weighted by Crippen LogP contribution is 2.24. The first-order chi connectivity index (χ1) is 8.06. The highest BCUT2D eigenvalue weighted by Gasteiger charge is 2.19. The molecule has 2 N–H and O–H groups in total. The maximum Gasteiger partial charge on any atom is 0.269 e. The molecule has 0 unspecified atom stereocenters. The van der Waals surface area contributed by atoms with E-state index in [1.165, 1.54) is 0 Å². The van der Waals surface area contributed by atoms with Gasteiger partial charge in [-0.3, -0.25) is 0 Å². The van der Waals surface area contributed by atoms with E-state index in [-0.39, 0.29) is 5.57 Å². The van der Waals surface area contributed by atoms with E-state index >= 15 is 0 Å². The SMILES string of the molecule is Cc1cc(N)nc(N2CCC(=C(F)F)CC2)n1. The van der Waals surface area contributed by atoms with E-state index in [4.69, 9.17) is 5.73 Å². The van der Waals surface area contributed by atoms with Gasteiger partial charge in [-0.05, 0) is 25.3 Å². The fraction of sp³-hybridized carbons (Fsp3) is 0.455. The highest BCUT2D eigenvalue weighted by molar-refractivity contribution is 5.41. The van der Waals surface area contributed by atoms with Crippen LogP contribution in [0.25, 0.3) is 0 Å². The maximum absolute atomic E-state index is 12.4. The monoisotopic (exact) mass is 240 g/mol. The lowest BCUT2D eigenvalue weighted by atomic mass is 10.1. The van der Waals surface area contributed by atoms with Gasteiger partial charge in [0.2, 0.25) is 5.95 Å². The van der Waals surface area contributed by atoms with Crippen LogP contribution in [0.4, 0.5) is 20.5 Å². The van der Waals surface area contributed by atoms with Gasteiger partial charge in [0, 0.05) is 24.8 Å². The zero-order valence-corrected chi connectivity index (χ0v) is 9.58. The number of anilines is 2. The summed E-state index contributed by atoms with van der Waals surface area (Å²) in [7, 11) is 0. The number of hydrogen-bond donors (Lipinski definition) is 1. The summed E-state index contributed by atoms with van der Waals surface area (Å²) in [4.78, 5) is 10.3. The van der Waals surface area contributed by atoms with Crippen molar-refractivity contribution in [3.8, 4) is 0 Å². The number of aromatic nitrogens is 2. The Balaban J connectivity index is 2.13. The molecular formula is C11H14F2N4. The molecule has 1 saturated heterocycles. The summed E-state index contributed by atoms with van der Waals surface area (Å²) >= 11 is 0. The Morgan fingerprint density at radius 1 is 1.29 bits per heavy atom. The van der Waals surface area contributed by atoms with Crippen LogP contribution in [0.1, 0.15) is 18.5 Å². The highest BCUT2D eigenvalue weighted by atomic mass is 19.3. The molecule has 0 spiro atoms. The third-order valence-corrected chi connectivity index (χ3v) is 2.78. The van der Waals surface area contributed by atoms with Crippen LogP contribution in [-0.4, -0.2) is 23.1 Å². The van der Waals surface area contributed by atoms with Gasteiger partial charge >= 0.3 is 0 Å². The van der Waals surface area contributed by atoms with Crippen molar-refractivity contribution >= 4 is 11.8 Å². The number of halogens is 2. The van der Waals surface area contributed by atoms with Crippen LogP contribution >= 0.6 is 0 Å². The topological polar surface area (TPSA) is 55.0 Å². The molecule has 2 rings (SSSR count). The lowest BCUT2D eigenvalue weighted by molar-refractivity contribution is 0.399. The summed E-state index contributed by atoms with van der Waals surface area (Å²) in [6.45, 7) is 2.85. The van der Waals surface area contributed by atoms with Crippen molar-refractivity contribution < 1.29 is 8.78 Å². The number of nitrogen functional groups attached to an aromatic ring is 1. The lowest BCUT2D eigenvalue weighted by Crippen LogP contribution is -2.32. The Bertz CT molecular complexity index is 425. The van der Waals surface area contributed by atoms with Crippen molar-refractivity contribution in [2.75, 3.05) is 23.7 Å². The average molecular weight is 240 g/mol. The molecule has 1 aliphatic heterocycles. The van der Waals surface area contributed by atoms with Crippen molar-refractivity contribution in [3.05, 3.63) is 23.4 Å². The summed E-state index contributed by atoms with van der Waals surface area (Å²) in [5.74, 6) is 0.936. The molecule has 92 valence electrons. The molecule has 0 bridgehead atoms. The molecule has 0 aromatic carbocycles. The molecule has 1 aliphatic rings. The molecule has 1 fully saturated rings. The molecule has 2 heterocycles. The molecule has 1 aromatic rings. The van der Waals surface area contributed by atoms with E-state index in [9.17, 15) is 8.78 Å². The molecule has 17 heavy (non-hydrogen) atoms. The van der Waals surface area contributed by atoms with Gasteiger partial charge in [0.1, 0.15) is 5.82 Å². The quantitative estimate of drug-likeness (QED) is 0.816. The van der Waals surface area contributed by atoms with Crippen LogP contribution in [0.15, 0.2) is 17.7 Å². The smallest absolute Gasteiger partial charge is 0.269 e. The molecule has 1 aromatic heterocycles. The van der Waals surface area contributed by atoms with Gasteiger partial charge in [-0.2, -0.15) is 13.8 Å². The van der Waals surface area contributed by atoms with Crippen molar-refractivity contribution in [1.82, 2.24) is 9.97 Å². The summed E-state index contributed by atoms with van der Waals surface area (Å²) in [5, 5.41) is 0. The Kier molecular flexibility index (Phi) is 3.21. The Morgan fingerprint density at radius 3 is 2.47 bits per heavy atom. The Morgan fingerprint density at radius 2 is 1.94 bits per heavy atom. The van der Waals surface area contributed by atoms with Gasteiger partial charge in [0.05, 0.1) is 0 Å². The van der Waals surface area contributed by atoms with Crippen molar-refractivity contribution in [3.63, 3.8) is 0 Å². The van der Waals surface area contributed by atoms with Gasteiger partial charge in [-0.1, -0.05) is 0 Å². The minimum Gasteiger partial charge on any atom is -0.384 e. The number of hydrogen-bond acceptors (Lipinski definition) is 4.